The Morgan fingerprint density at radius 2 is 2.00 bits per heavy atom. The van der Waals surface area contributed by atoms with Crippen molar-refractivity contribution >= 4 is 11.8 Å². The summed E-state index contributed by atoms with van der Waals surface area (Å²) in [5.41, 5.74) is 7.10. The quantitative estimate of drug-likeness (QED) is 0.810. The van der Waals surface area contributed by atoms with Crippen LogP contribution in [0.5, 0.6) is 0 Å². The van der Waals surface area contributed by atoms with Crippen molar-refractivity contribution in [3.8, 4) is 0 Å². The Morgan fingerprint density at radius 1 is 1.24 bits per heavy atom. The Kier molecular flexibility index (Phi) is 3.22. The van der Waals surface area contributed by atoms with Crippen molar-refractivity contribution in [1.29, 1.82) is 0 Å². The second-order valence-corrected chi connectivity index (χ2v) is 5.73. The molecule has 2 N–H and O–H groups in total. The molecule has 0 aromatic carbocycles. The van der Waals surface area contributed by atoms with Crippen LogP contribution in [-0.4, -0.2) is 23.1 Å². The fourth-order valence-electron chi connectivity index (χ4n) is 2.39. The SMILES string of the molecule is Cc1cc(N2CCCC(C)(C)CC2)nc(N)n1. The molecule has 1 aromatic heterocycles. The van der Waals surface area contributed by atoms with E-state index in [4.69, 9.17) is 5.73 Å². The Morgan fingerprint density at radius 3 is 2.71 bits per heavy atom. The molecule has 1 saturated heterocycles. The molecule has 0 unspecified atom stereocenters. The molecular weight excluding hydrogens is 212 g/mol. The fourth-order valence-corrected chi connectivity index (χ4v) is 2.39. The van der Waals surface area contributed by atoms with Crippen molar-refractivity contribution in [3.05, 3.63) is 11.8 Å². The van der Waals surface area contributed by atoms with Crippen LogP contribution in [-0.2, 0) is 0 Å². The average Bonchev–Trinajstić information content (AvgIpc) is 2.38. The molecule has 1 aliphatic rings. The molecule has 1 fully saturated rings. The topological polar surface area (TPSA) is 55.0 Å². The molecule has 0 amide bonds. The largest absolute Gasteiger partial charge is 0.368 e. The van der Waals surface area contributed by atoms with Gasteiger partial charge in [-0.05, 0) is 31.6 Å². The minimum atomic E-state index is 0.378. The molecule has 0 saturated carbocycles. The van der Waals surface area contributed by atoms with E-state index in [0.717, 1.165) is 24.6 Å². The van der Waals surface area contributed by atoms with Crippen molar-refractivity contribution in [2.45, 2.75) is 40.0 Å². The first-order valence-electron chi connectivity index (χ1n) is 6.32. The molecule has 0 aliphatic carbocycles. The van der Waals surface area contributed by atoms with Gasteiger partial charge in [0.05, 0.1) is 0 Å². The molecule has 0 bridgehead atoms. The number of nitrogens with two attached hydrogens (primary N) is 1. The Labute approximate surface area is 103 Å². The van der Waals surface area contributed by atoms with E-state index in [-0.39, 0.29) is 0 Å². The average molecular weight is 234 g/mol. The molecule has 4 nitrogen and oxygen atoms in total. The smallest absolute Gasteiger partial charge is 0.222 e. The second-order valence-electron chi connectivity index (χ2n) is 5.73. The number of anilines is 2. The van der Waals surface area contributed by atoms with Gasteiger partial charge in [0.2, 0.25) is 5.95 Å². The Balaban J connectivity index is 2.17. The third kappa shape index (κ3) is 3.08. The Hall–Kier alpha value is -1.32. The number of rotatable bonds is 1. The number of hydrogen-bond acceptors (Lipinski definition) is 4. The molecule has 2 rings (SSSR count). The summed E-state index contributed by atoms with van der Waals surface area (Å²) < 4.78 is 0. The predicted octanol–water partition coefficient (Wildman–Crippen LogP) is 2.38. The number of nitrogens with zero attached hydrogens (tertiary/aromatic N) is 3. The van der Waals surface area contributed by atoms with Gasteiger partial charge in [-0.3, -0.25) is 0 Å². The molecule has 0 radical (unpaired) electrons. The summed E-state index contributed by atoms with van der Waals surface area (Å²) in [6.45, 7) is 8.78. The zero-order chi connectivity index (χ0) is 12.5. The standard InChI is InChI=1S/C13H22N4/c1-10-9-11(16-12(14)15-10)17-7-4-5-13(2,3)6-8-17/h9H,4-8H2,1-3H3,(H2,14,15,16). The van der Waals surface area contributed by atoms with Gasteiger partial charge in [-0.25, -0.2) is 4.98 Å². The van der Waals surface area contributed by atoms with Gasteiger partial charge in [0.15, 0.2) is 0 Å². The number of aryl methyl sites for hydroxylation is 1. The lowest BCUT2D eigenvalue weighted by molar-refractivity contribution is 0.325. The van der Waals surface area contributed by atoms with Gasteiger partial charge in [-0.1, -0.05) is 13.8 Å². The van der Waals surface area contributed by atoms with Gasteiger partial charge in [0.25, 0.3) is 0 Å². The maximum absolute atomic E-state index is 5.71. The summed E-state index contributed by atoms with van der Waals surface area (Å²) in [6.07, 6.45) is 3.70. The van der Waals surface area contributed by atoms with Crippen LogP contribution >= 0.6 is 0 Å². The summed E-state index contributed by atoms with van der Waals surface area (Å²) in [4.78, 5) is 10.8. The lowest BCUT2D eigenvalue weighted by Crippen LogP contribution is -2.26. The van der Waals surface area contributed by atoms with E-state index in [1.54, 1.807) is 0 Å². The number of aromatic nitrogens is 2. The first kappa shape index (κ1) is 12.1. The van der Waals surface area contributed by atoms with Crippen molar-refractivity contribution in [1.82, 2.24) is 9.97 Å². The highest BCUT2D eigenvalue weighted by Gasteiger charge is 2.23. The molecule has 17 heavy (non-hydrogen) atoms. The molecule has 1 aliphatic heterocycles. The third-order valence-corrected chi connectivity index (χ3v) is 3.52. The molecule has 0 spiro atoms. The first-order valence-corrected chi connectivity index (χ1v) is 6.32. The van der Waals surface area contributed by atoms with Crippen LogP contribution < -0.4 is 10.6 Å². The van der Waals surface area contributed by atoms with Crippen LogP contribution in [0.2, 0.25) is 0 Å². The number of nitrogen functional groups attached to an aromatic ring is 1. The molecular formula is C13H22N4. The highest BCUT2D eigenvalue weighted by molar-refractivity contribution is 5.43. The summed E-state index contributed by atoms with van der Waals surface area (Å²) in [6, 6.07) is 2.02. The van der Waals surface area contributed by atoms with Gasteiger partial charge >= 0.3 is 0 Å². The highest BCUT2D eigenvalue weighted by atomic mass is 15.2. The summed E-state index contributed by atoms with van der Waals surface area (Å²) in [5, 5.41) is 0. The van der Waals surface area contributed by atoms with Gasteiger partial charge < -0.3 is 10.6 Å². The summed E-state index contributed by atoms with van der Waals surface area (Å²) in [5.74, 6) is 1.36. The molecule has 1 aromatic rings. The van der Waals surface area contributed by atoms with Crippen LogP contribution in [0.15, 0.2) is 6.07 Å². The Bertz CT molecular complexity index is 380. The maximum Gasteiger partial charge on any atom is 0.222 e. The van der Waals surface area contributed by atoms with Gasteiger partial charge in [0.1, 0.15) is 5.82 Å². The van der Waals surface area contributed by atoms with Crippen LogP contribution in [0.3, 0.4) is 0 Å². The van der Waals surface area contributed by atoms with Crippen LogP contribution in [0.1, 0.15) is 38.8 Å². The minimum absolute atomic E-state index is 0.378. The van der Waals surface area contributed by atoms with Gasteiger partial charge in [0, 0.05) is 24.8 Å². The summed E-state index contributed by atoms with van der Waals surface area (Å²) in [7, 11) is 0. The predicted molar refractivity (Wildman–Crippen MR) is 71.0 cm³/mol. The van der Waals surface area contributed by atoms with E-state index in [0.29, 0.717) is 11.4 Å². The first-order chi connectivity index (χ1) is 7.96. The van der Waals surface area contributed by atoms with E-state index in [1.807, 2.05) is 13.0 Å². The lowest BCUT2D eigenvalue weighted by atomic mass is 9.85. The lowest BCUT2D eigenvalue weighted by Gasteiger charge is -2.24. The minimum Gasteiger partial charge on any atom is -0.368 e. The normalized spacial score (nSPS) is 20.1. The fraction of sp³-hybridized carbons (Fsp3) is 0.692. The zero-order valence-electron chi connectivity index (χ0n) is 11.0. The molecule has 2 heterocycles. The second kappa shape index (κ2) is 4.51. The van der Waals surface area contributed by atoms with Gasteiger partial charge in [-0.15, -0.1) is 0 Å². The van der Waals surface area contributed by atoms with Crippen molar-refractivity contribution in [2.75, 3.05) is 23.7 Å². The zero-order valence-corrected chi connectivity index (χ0v) is 11.0. The third-order valence-electron chi connectivity index (χ3n) is 3.52. The van der Waals surface area contributed by atoms with E-state index >= 15 is 0 Å². The van der Waals surface area contributed by atoms with E-state index in [2.05, 4.69) is 28.7 Å². The monoisotopic (exact) mass is 234 g/mol. The van der Waals surface area contributed by atoms with Crippen LogP contribution in [0.25, 0.3) is 0 Å². The number of hydrogen-bond donors (Lipinski definition) is 1. The molecule has 4 heteroatoms. The molecule has 0 atom stereocenters. The van der Waals surface area contributed by atoms with Crippen molar-refractivity contribution < 1.29 is 0 Å². The van der Waals surface area contributed by atoms with Gasteiger partial charge in [-0.2, -0.15) is 4.98 Å². The highest BCUT2D eigenvalue weighted by Crippen LogP contribution is 2.31. The van der Waals surface area contributed by atoms with E-state index in [1.165, 1.54) is 19.3 Å². The van der Waals surface area contributed by atoms with Crippen molar-refractivity contribution in [2.24, 2.45) is 5.41 Å². The van der Waals surface area contributed by atoms with E-state index in [9.17, 15) is 0 Å². The summed E-state index contributed by atoms with van der Waals surface area (Å²) >= 11 is 0. The van der Waals surface area contributed by atoms with Crippen molar-refractivity contribution in [3.63, 3.8) is 0 Å². The van der Waals surface area contributed by atoms with Crippen LogP contribution in [0, 0.1) is 12.3 Å². The maximum atomic E-state index is 5.71. The van der Waals surface area contributed by atoms with Crippen LogP contribution in [0.4, 0.5) is 11.8 Å². The van der Waals surface area contributed by atoms with E-state index < -0.39 is 0 Å². The molecule has 94 valence electrons.